The van der Waals surface area contributed by atoms with E-state index in [9.17, 15) is 0 Å². The van der Waals surface area contributed by atoms with Crippen molar-refractivity contribution in [2.45, 2.75) is 26.4 Å². The molecule has 0 radical (unpaired) electrons. The highest BCUT2D eigenvalue weighted by atomic mass is 79.9. The Labute approximate surface area is 165 Å². The lowest BCUT2D eigenvalue weighted by atomic mass is 10.1. The van der Waals surface area contributed by atoms with E-state index in [0.717, 1.165) is 31.9 Å². The molecule has 0 atom stereocenters. The fraction of sp³-hybridized carbons (Fsp3) is 0.182. The van der Waals surface area contributed by atoms with Gasteiger partial charge in [-0.15, -0.1) is 0 Å². The van der Waals surface area contributed by atoms with E-state index in [1.54, 1.807) is 0 Å². The molecule has 0 saturated heterocycles. The molecule has 136 valence electrons. The SMILES string of the molecule is CC(C)(C)ON=c1cc(-c2cc3ccccc3cn2)oc2ccc(Br)cc12. The second-order valence-corrected chi connectivity index (χ2v) is 8.26. The molecule has 0 aliphatic carbocycles. The van der Waals surface area contributed by atoms with Gasteiger partial charge < -0.3 is 9.25 Å². The van der Waals surface area contributed by atoms with E-state index in [-0.39, 0.29) is 5.60 Å². The first-order chi connectivity index (χ1) is 12.9. The Balaban J connectivity index is 1.94. The average molecular weight is 423 g/mol. The van der Waals surface area contributed by atoms with Crippen molar-refractivity contribution in [3.05, 3.63) is 70.6 Å². The highest BCUT2D eigenvalue weighted by Crippen LogP contribution is 2.25. The van der Waals surface area contributed by atoms with E-state index in [4.69, 9.17) is 9.25 Å². The highest BCUT2D eigenvalue weighted by molar-refractivity contribution is 9.10. The van der Waals surface area contributed by atoms with Crippen LogP contribution in [0.4, 0.5) is 0 Å². The minimum atomic E-state index is -0.382. The van der Waals surface area contributed by atoms with Crippen LogP contribution in [0.1, 0.15) is 20.8 Å². The largest absolute Gasteiger partial charge is 0.454 e. The molecule has 0 saturated carbocycles. The zero-order chi connectivity index (χ0) is 19.0. The maximum absolute atomic E-state index is 6.13. The second kappa shape index (κ2) is 6.82. The number of pyridine rings is 1. The van der Waals surface area contributed by atoms with Crippen molar-refractivity contribution in [2.75, 3.05) is 0 Å². The molecule has 4 nitrogen and oxygen atoms in total. The van der Waals surface area contributed by atoms with E-state index in [1.165, 1.54) is 0 Å². The molecular weight excluding hydrogens is 404 g/mol. The summed E-state index contributed by atoms with van der Waals surface area (Å²) in [5, 5.41) is 8.16. The molecule has 2 aromatic carbocycles. The maximum atomic E-state index is 6.13. The van der Waals surface area contributed by atoms with Crippen LogP contribution in [0, 0.1) is 0 Å². The van der Waals surface area contributed by atoms with Gasteiger partial charge in [-0.25, -0.2) is 0 Å². The summed E-state index contributed by atoms with van der Waals surface area (Å²) in [4.78, 5) is 10.2. The summed E-state index contributed by atoms with van der Waals surface area (Å²) in [6.07, 6.45) is 1.86. The molecule has 4 aromatic rings. The van der Waals surface area contributed by atoms with Gasteiger partial charge in [0.25, 0.3) is 0 Å². The van der Waals surface area contributed by atoms with Gasteiger partial charge in [-0.05, 0) is 50.4 Å². The highest BCUT2D eigenvalue weighted by Gasteiger charge is 2.12. The monoisotopic (exact) mass is 422 g/mol. The van der Waals surface area contributed by atoms with Gasteiger partial charge in [0.1, 0.15) is 22.2 Å². The van der Waals surface area contributed by atoms with Crippen LogP contribution in [0.5, 0.6) is 0 Å². The standard InChI is InChI=1S/C22H19BrN2O2/c1-22(2,3)27-25-18-12-21(26-20-9-8-16(23)11-17(18)20)19-10-14-6-4-5-7-15(14)13-24-19/h4-13H,1-3H3. The second-order valence-electron chi connectivity index (χ2n) is 7.35. The van der Waals surface area contributed by atoms with Crippen LogP contribution in [-0.2, 0) is 4.84 Å². The Morgan fingerprint density at radius 1 is 1.00 bits per heavy atom. The molecule has 0 aliphatic heterocycles. The third-order valence-corrected chi connectivity index (χ3v) is 4.50. The van der Waals surface area contributed by atoms with Crippen molar-refractivity contribution in [2.24, 2.45) is 5.16 Å². The lowest BCUT2D eigenvalue weighted by Gasteiger charge is -2.15. The van der Waals surface area contributed by atoms with E-state index < -0.39 is 0 Å². The average Bonchev–Trinajstić information content (AvgIpc) is 2.65. The van der Waals surface area contributed by atoms with Crippen LogP contribution in [0.15, 0.2) is 74.8 Å². The van der Waals surface area contributed by atoms with Crippen molar-refractivity contribution >= 4 is 37.7 Å². The zero-order valence-corrected chi connectivity index (χ0v) is 16.9. The zero-order valence-electron chi connectivity index (χ0n) is 15.4. The fourth-order valence-corrected chi connectivity index (χ4v) is 3.11. The van der Waals surface area contributed by atoms with Crippen molar-refractivity contribution in [3.8, 4) is 11.5 Å². The molecule has 0 N–H and O–H groups in total. The Hall–Kier alpha value is -2.66. The van der Waals surface area contributed by atoms with Gasteiger partial charge in [0.2, 0.25) is 0 Å². The van der Waals surface area contributed by atoms with Crippen molar-refractivity contribution in [3.63, 3.8) is 0 Å². The lowest BCUT2D eigenvalue weighted by Crippen LogP contribution is -2.18. The Morgan fingerprint density at radius 3 is 2.56 bits per heavy atom. The predicted octanol–water partition coefficient (Wildman–Crippen LogP) is 6.04. The Morgan fingerprint density at radius 2 is 1.78 bits per heavy atom. The summed E-state index contributed by atoms with van der Waals surface area (Å²) in [6.45, 7) is 5.90. The van der Waals surface area contributed by atoms with Crippen molar-refractivity contribution in [1.29, 1.82) is 0 Å². The van der Waals surface area contributed by atoms with Gasteiger partial charge in [0.15, 0.2) is 5.76 Å². The summed E-state index contributed by atoms with van der Waals surface area (Å²) in [5.41, 5.74) is 1.10. The molecule has 5 heteroatoms. The summed E-state index contributed by atoms with van der Waals surface area (Å²) in [5.74, 6) is 0.645. The Bertz CT molecular complexity index is 1210. The van der Waals surface area contributed by atoms with E-state index in [2.05, 4.69) is 32.1 Å². The predicted molar refractivity (Wildman–Crippen MR) is 111 cm³/mol. The minimum absolute atomic E-state index is 0.382. The number of rotatable bonds is 2. The minimum Gasteiger partial charge on any atom is -0.454 e. The normalized spacial score (nSPS) is 12.7. The first-order valence-corrected chi connectivity index (χ1v) is 9.49. The van der Waals surface area contributed by atoms with E-state index in [0.29, 0.717) is 11.1 Å². The summed E-state index contributed by atoms with van der Waals surface area (Å²) < 4.78 is 7.08. The number of fused-ring (bicyclic) bond motifs is 2. The first kappa shape index (κ1) is 17.7. The molecule has 27 heavy (non-hydrogen) atoms. The third-order valence-electron chi connectivity index (χ3n) is 4.01. The maximum Gasteiger partial charge on any atom is 0.155 e. The number of hydrogen-bond donors (Lipinski definition) is 0. The molecule has 4 rings (SSSR count). The van der Waals surface area contributed by atoms with Crippen LogP contribution < -0.4 is 5.36 Å². The molecule has 0 aliphatic rings. The number of nitrogens with zero attached hydrogens (tertiary/aromatic N) is 2. The van der Waals surface area contributed by atoms with Gasteiger partial charge >= 0.3 is 0 Å². The van der Waals surface area contributed by atoms with Gasteiger partial charge in [-0.2, -0.15) is 0 Å². The van der Waals surface area contributed by atoms with E-state index >= 15 is 0 Å². The fourth-order valence-electron chi connectivity index (χ4n) is 2.75. The number of aromatic nitrogens is 1. The lowest BCUT2D eigenvalue weighted by molar-refractivity contribution is -0.00585. The summed E-state index contributed by atoms with van der Waals surface area (Å²) in [7, 11) is 0. The first-order valence-electron chi connectivity index (χ1n) is 8.70. The third kappa shape index (κ3) is 3.88. The van der Waals surface area contributed by atoms with Gasteiger partial charge in [0, 0.05) is 27.5 Å². The Kier molecular flexibility index (Phi) is 4.48. The van der Waals surface area contributed by atoms with E-state index in [1.807, 2.05) is 75.5 Å². The molecule has 0 unspecified atom stereocenters. The van der Waals surface area contributed by atoms with Crippen LogP contribution in [0.3, 0.4) is 0 Å². The van der Waals surface area contributed by atoms with Crippen LogP contribution in [0.2, 0.25) is 0 Å². The van der Waals surface area contributed by atoms with Crippen LogP contribution >= 0.6 is 15.9 Å². The van der Waals surface area contributed by atoms with Gasteiger partial charge in [-0.1, -0.05) is 45.4 Å². The summed E-state index contributed by atoms with van der Waals surface area (Å²) in [6, 6.07) is 17.8. The van der Waals surface area contributed by atoms with Crippen LogP contribution in [0.25, 0.3) is 33.2 Å². The number of hydrogen-bond acceptors (Lipinski definition) is 4. The topological polar surface area (TPSA) is 47.6 Å². The van der Waals surface area contributed by atoms with Gasteiger partial charge in [-0.3, -0.25) is 4.98 Å². The quantitative estimate of drug-likeness (QED) is 0.369. The van der Waals surface area contributed by atoms with Gasteiger partial charge in [0.05, 0.1) is 0 Å². The smallest absolute Gasteiger partial charge is 0.155 e. The number of benzene rings is 2. The van der Waals surface area contributed by atoms with Crippen molar-refractivity contribution in [1.82, 2.24) is 4.98 Å². The molecule has 2 aromatic heterocycles. The molecule has 0 bridgehead atoms. The molecule has 0 fully saturated rings. The molecular formula is C22H19BrN2O2. The molecule has 2 heterocycles. The van der Waals surface area contributed by atoms with Crippen LogP contribution in [-0.4, -0.2) is 10.6 Å². The molecule has 0 spiro atoms. The molecule has 0 amide bonds. The summed E-state index contributed by atoms with van der Waals surface area (Å²) >= 11 is 3.51. The number of halogens is 1. The van der Waals surface area contributed by atoms with Crippen molar-refractivity contribution < 1.29 is 9.25 Å².